The summed E-state index contributed by atoms with van der Waals surface area (Å²) >= 11 is 7.68. The van der Waals surface area contributed by atoms with E-state index in [9.17, 15) is 4.79 Å². The number of hydrogen-bond donors (Lipinski definition) is 0. The fourth-order valence-corrected chi connectivity index (χ4v) is 4.51. The summed E-state index contributed by atoms with van der Waals surface area (Å²) in [7, 11) is 4.12. The second kappa shape index (κ2) is 6.98. The Labute approximate surface area is 161 Å². The summed E-state index contributed by atoms with van der Waals surface area (Å²) in [6.45, 7) is 1.50. The lowest BCUT2D eigenvalue weighted by atomic mass is 10.1. The fraction of sp³-hybridized carbons (Fsp3) is 0.389. The van der Waals surface area contributed by atoms with Gasteiger partial charge >= 0.3 is 0 Å². The van der Waals surface area contributed by atoms with Crippen molar-refractivity contribution in [3.63, 3.8) is 0 Å². The Morgan fingerprint density at radius 1 is 1.38 bits per heavy atom. The van der Waals surface area contributed by atoms with E-state index in [-0.39, 0.29) is 5.91 Å². The van der Waals surface area contributed by atoms with Gasteiger partial charge in [-0.15, -0.1) is 0 Å². The first-order chi connectivity index (χ1) is 12.5. The lowest BCUT2D eigenvalue weighted by Gasteiger charge is -2.35. The summed E-state index contributed by atoms with van der Waals surface area (Å²) in [6.07, 6.45) is 5.74. The number of hydrogen-bond acceptors (Lipinski definition) is 5. The number of carbonyl (C=O) groups is 1. The Hall–Kier alpha value is -1.96. The monoisotopic (exact) mass is 389 g/mol. The highest BCUT2D eigenvalue weighted by Gasteiger charge is 2.28. The summed E-state index contributed by atoms with van der Waals surface area (Å²) in [5.41, 5.74) is 2.39. The molecule has 4 heterocycles. The number of rotatable bonds is 3. The molecule has 0 saturated carbocycles. The second-order valence-electron chi connectivity index (χ2n) is 6.74. The largest absolute Gasteiger partial charge is 0.335 e. The summed E-state index contributed by atoms with van der Waals surface area (Å²) in [5.74, 6) is -0.0360. The van der Waals surface area contributed by atoms with Crippen LogP contribution >= 0.6 is 22.9 Å². The van der Waals surface area contributed by atoms with E-state index in [1.807, 2.05) is 29.3 Å². The number of halogens is 1. The quantitative estimate of drug-likeness (QED) is 0.689. The number of likely N-dealkylation sites (N-methyl/N-ethyl adjacent to an activating group) is 1. The molecule has 0 aliphatic carbocycles. The van der Waals surface area contributed by atoms with E-state index >= 15 is 0 Å². The highest BCUT2D eigenvalue weighted by atomic mass is 35.5. The van der Waals surface area contributed by atoms with Crippen LogP contribution < -0.4 is 0 Å². The van der Waals surface area contributed by atoms with E-state index in [1.165, 1.54) is 11.3 Å². The third kappa shape index (κ3) is 3.11. The molecule has 136 valence electrons. The van der Waals surface area contributed by atoms with Gasteiger partial charge in [0.1, 0.15) is 10.0 Å². The van der Waals surface area contributed by atoms with Crippen molar-refractivity contribution in [1.82, 2.24) is 24.4 Å². The molecule has 3 aromatic rings. The molecular weight excluding hydrogens is 370 g/mol. The normalized spacial score (nSPS) is 18.0. The Morgan fingerprint density at radius 2 is 2.23 bits per heavy atom. The lowest BCUT2D eigenvalue weighted by Crippen LogP contribution is -2.47. The number of thiazole rings is 1. The van der Waals surface area contributed by atoms with Gasteiger partial charge in [0.05, 0.1) is 11.7 Å². The molecule has 6 nitrogen and oxygen atoms in total. The van der Waals surface area contributed by atoms with Gasteiger partial charge in [-0.05, 0) is 39.1 Å². The number of fused-ring (bicyclic) bond motifs is 1. The highest BCUT2D eigenvalue weighted by molar-refractivity contribution is 7.18. The van der Waals surface area contributed by atoms with Crippen LogP contribution in [0.3, 0.4) is 0 Å². The van der Waals surface area contributed by atoms with Crippen molar-refractivity contribution in [2.75, 3.05) is 27.2 Å². The van der Waals surface area contributed by atoms with Gasteiger partial charge in [0, 0.05) is 30.9 Å². The molecule has 1 unspecified atom stereocenters. The average Bonchev–Trinajstić information content (AvgIpc) is 3.24. The standard InChI is InChI=1S/C18H20ClN5OS/c1-22(2)12-6-5-8-23(11-12)18(25)17-21-15(16(19)26-17)13-10-20-24-9-4-3-7-14(13)24/h3-4,7,9-10,12H,5-6,8,11H2,1-2H3. The number of carbonyl (C=O) groups excluding carboxylic acids is 1. The summed E-state index contributed by atoms with van der Waals surface area (Å²) in [6, 6.07) is 6.22. The SMILES string of the molecule is CN(C)C1CCCN(C(=O)c2nc(-c3cnn4ccccc34)c(Cl)s2)C1. The predicted molar refractivity (Wildman–Crippen MR) is 104 cm³/mol. The van der Waals surface area contributed by atoms with Crippen LogP contribution in [-0.4, -0.2) is 63.5 Å². The number of piperidine rings is 1. The zero-order valence-electron chi connectivity index (χ0n) is 14.7. The maximum Gasteiger partial charge on any atom is 0.282 e. The topological polar surface area (TPSA) is 53.7 Å². The van der Waals surface area contributed by atoms with Gasteiger partial charge < -0.3 is 9.80 Å². The smallest absolute Gasteiger partial charge is 0.282 e. The van der Waals surface area contributed by atoms with Gasteiger partial charge in [0.2, 0.25) is 0 Å². The molecule has 0 radical (unpaired) electrons. The number of amides is 1. The Morgan fingerprint density at radius 3 is 3.04 bits per heavy atom. The highest BCUT2D eigenvalue weighted by Crippen LogP contribution is 2.35. The molecule has 3 aromatic heterocycles. The number of likely N-dealkylation sites (tertiary alicyclic amines) is 1. The minimum atomic E-state index is -0.0360. The number of pyridine rings is 1. The first-order valence-corrected chi connectivity index (χ1v) is 9.79. The fourth-order valence-electron chi connectivity index (χ4n) is 3.37. The molecule has 0 bridgehead atoms. The third-order valence-corrected chi connectivity index (χ3v) is 6.11. The molecule has 1 aliphatic heterocycles. The van der Waals surface area contributed by atoms with Crippen LogP contribution in [0.2, 0.25) is 4.34 Å². The van der Waals surface area contributed by atoms with Crippen molar-refractivity contribution in [3.05, 3.63) is 39.9 Å². The minimum Gasteiger partial charge on any atom is -0.335 e. The van der Waals surface area contributed by atoms with Crippen LogP contribution in [-0.2, 0) is 0 Å². The molecule has 0 N–H and O–H groups in total. The lowest BCUT2D eigenvalue weighted by molar-refractivity contribution is 0.0635. The van der Waals surface area contributed by atoms with Crippen LogP contribution in [0, 0.1) is 0 Å². The van der Waals surface area contributed by atoms with Crippen LogP contribution in [0.1, 0.15) is 22.6 Å². The Bertz CT molecular complexity index is 950. The van der Waals surface area contributed by atoms with Crippen LogP contribution in [0.5, 0.6) is 0 Å². The molecule has 8 heteroatoms. The van der Waals surface area contributed by atoms with Crippen molar-refractivity contribution in [2.45, 2.75) is 18.9 Å². The van der Waals surface area contributed by atoms with Gasteiger partial charge in [-0.1, -0.05) is 29.0 Å². The van der Waals surface area contributed by atoms with E-state index in [0.29, 0.717) is 21.1 Å². The van der Waals surface area contributed by atoms with Crippen molar-refractivity contribution in [1.29, 1.82) is 0 Å². The van der Waals surface area contributed by atoms with Gasteiger partial charge in [0.25, 0.3) is 5.91 Å². The third-order valence-electron chi connectivity index (χ3n) is 4.86. The van der Waals surface area contributed by atoms with Gasteiger partial charge in [-0.2, -0.15) is 5.10 Å². The van der Waals surface area contributed by atoms with Crippen LogP contribution in [0.4, 0.5) is 0 Å². The average molecular weight is 390 g/mol. The van der Waals surface area contributed by atoms with Crippen LogP contribution in [0.25, 0.3) is 16.8 Å². The summed E-state index contributed by atoms with van der Waals surface area (Å²) < 4.78 is 2.30. The number of nitrogens with zero attached hydrogens (tertiary/aromatic N) is 5. The summed E-state index contributed by atoms with van der Waals surface area (Å²) in [5, 5.41) is 4.78. The summed E-state index contributed by atoms with van der Waals surface area (Å²) in [4.78, 5) is 21.6. The zero-order chi connectivity index (χ0) is 18.3. The maximum absolute atomic E-state index is 12.9. The second-order valence-corrected chi connectivity index (χ2v) is 8.34. The predicted octanol–water partition coefficient (Wildman–Crippen LogP) is 3.28. The first-order valence-electron chi connectivity index (χ1n) is 8.59. The molecule has 0 spiro atoms. The molecule has 0 aromatic carbocycles. The molecule has 26 heavy (non-hydrogen) atoms. The zero-order valence-corrected chi connectivity index (χ0v) is 16.3. The van der Waals surface area contributed by atoms with E-state index in [4.69, 9.17) is 11.6 Å². The molecule has 1 aliphatic rings. The maximum atomic E-state index is 12.9. The molecular formula is C18H20ClN5OS. The van der Waals surface area contributed by atoms with E-state index in [1.54, 1.807) is 10.7 Å². The van der Waals surface area contributed by atoms with Crippen molar-refractivity contribution in [2.24, 2.45) is 0 Å². The van der Waals surface area contributed by atoms with E-state index in [0.717, 1.165) is 37.0 Å². The van der Waals surface area contributed by atoms with Crippen LogP contribution in [0.15, 0.2) is 30.6 Å². The number of aromatic nitrogens is 3. The molecule has 1 saturated heterocycles. The molecule has 1 fully saturated rings. The van der Waals surface area contributed by atoms with Crippen molar-refractivity contribution in [3.8, 4) is 11.3 Å². The van der Waals surface area contributed by atoms with E-state index < -0.39 is 0 Å². The first kappa shape index (κ1) is 17.5. The molecule has 1 atom stereocenters. The Balaban J connectivity index is 1.63. The minimum absolute atomic E-state index is 0.0360. The van der Waals surface area contributed by atoms with Gasteiger partial charge in [-0.3, -0.25) is 4.79 Å². The van der Waals surface area contributed by atoms with Crippen molar-refractivity contribution < 1.29 is 4.79 Å². The van der Waals surface area contributed by atoms with Gasteiger partial charge in [0.15, 0.2) is 5.01 Å². The van der Waals surface area contributed by atoms with E-state index in [2.05, 4.69) is 29.1 Å². The molecule has 1 amide bonds. The van der Waals surface area contributed by atoms with Crippen molar-refractivity contribution >= 4 is 34.4 Å². The van der Waals surface area contributed by atoms with Gasteiger partial charge in [-0.25, -0.2) is 9.50 Å². The Kier molecular flexibility index (Phi) is 4.69. The molecule has 4 rings (SSSR count).